The van der Waals surface area contributed by atoms with Crippen molar-refractivity contribution in [3.63, 3.8) is 0 Å². The van der Waals surface area contributed by atoms with Gasteiger partial charge in [-0.2, -0.15) is 21.6 Å². The number of amides is 1. The van der Waals surface area contributed by atoms with Gasteiger partial charge in [0.05, 0.1) is 12.2 Å². The van der Waals surface area contributed by atoms with E-state index in [9.17, 15) is 26.4 Å². The van der Waals surface area contributed by atoms with E-state index in [0.717, 1.165) is 0 Å². The van der Waals surface area contributed by atoms with Crippen LogP contribution in [0.2, 0.25) is 0 Å². The average Bonchev–Trinajstić information content (AvgIpc) is 2.63. The van der Waals surface area contributed by atoms with Crippen molar-refractivity contribution in [3.05, 3.63) is 35.9 Å². The average molecular weight is 451 g/mol. The van der Waals surface area contributed by atoms with Crippen molar-refractivity contribution in [2.75, 3.05) is 19.7 Å². The first-order chi connectivity index (χ1) is 13.8. The van der Waals surface area contributed by atoms with Crippen molar-refractivity contribution in [3.8, 4) is 5.75 Å². The Morgan fingerprint density at radius 3 is 2.43 bits per heavy atom. The molecule has 0 fully saturated rings. The highest BCUT2D eigenvalue weighted by molar-refractivity contribution is 7.87. The second kappa shape index (κ2) is 9.15. The van der Waals surface area contributed by atoms with E-state index in [1.807, 2.05) is 0 Å². The molecule has 1 heterocycles. The molecule has 0 aromatic heterocycles. The minimum Gasteiger partial charge on any atom is -0.493 e. The quantitative estimate of drug-likeness (QED) is 0.493. The number of benzene rings is 1. The van der Waals surface area contributed by atoms with Gasteiger partial charge < -0.3 is 18.6 Å². The maximum Gasteiger partial charge on any atom is 0.534 e. The molecule has 0 atom stereocenters. The normalized spacial score (nSPS) is 18.2. The standard InChI is InChI=1S/C19H24F3NO6S/c1-18(2,3)28-17(24)23-11-6-10-16(29-30(25,26)19(20,21)22)14-8-4-5-9-15(14)27-13-7-12-23/h4-5,8-10H,6-7,11-13H2,1-3H3/b16-10+. The molecule has 7 nitrogen and oxygen atoms in total. The summed E-state index contributed by atoms with van der Waals surface area (Å²) in [6.45, 7) is 5.67. The first kappa shape index (κ1) is 23.8. The lowest BCUT2D eigenvalue weighted by Gasteiger charge is -2.27. The van der Waals surface area contributed by atoms with E-state index >= 15 is 0 Å². The number of carbonyl (C=O) groups is 1. The topological polar surface area (TPSA) is 82.1 Å². The highest BCUT2D eigenvalue weighted by Gasteiger charge is 2.49. The molecule has 0 N–H and O–H groups in total. The Labute approximate surface area is 173 Å². The van der Waals surface area contributed by atoms with Gasteiger partial charge in [-0.25, -0.2) is 4.79 Å². The Bertz CT molecular complexity index is 890. The molecule has 0 saturated carbocycles. The van der Waals surface area contributed by atoms with Crippen molar-refractivity contribution < 1.29 is 40.0 Å². The minimum atomic E-state index is -5.88. The van der Waals surface area contributed by atoms with Crippen LogP contribution in [0.1, 0.15) is 39.2 Å². The number of halogens is 3. The Balaban J connectivity index is 2.35. The van der Waals surface area contributed by atoms with Crippen molar-refractivity contribution in [1.82, 2.24) is 4.90 Å². The van der Waals surface area contributed by atoms with Crippen LogP contribution in [0.25, 0.3) is 5.76 Å². The first-order valence-corrected chi connectivity index (χ1v) is 10.6. The second-order valence-electron chi connectivity index (χ2n) is 7.51. The van der Waals surface area contributed by atoms with Gasteiger partial charge in [-0.05, 0) is 51.8 Å². The van der Waals surface area contributed by atoms with Gasteiger partial charge >= 0.3 is 21.7 Å². The molecule has 2 rings (SSSR count). The Kier molecular flexibility index (Phi) is 7.27. The van der Waals surface area contributed by atoms with E-state index in [0.29, 0.717) is 13.0 Å². The molecule has 0 spiro atoms. The van der Waals surface area contributed by atoms with Crippen LogP contribution in [-0.4, -0.2) is 50.2 Å². The van der Waals surface area contributed by atoms with E-state index < -0.39 is 33.1 Å². The van der Waals surface area contributed by atoms with Crippen LogP contribution in [0.3, 0.4) is 0 Å². The molecule has 30 heavy (non-hydrogen) atoms. The number of fused-ring (bicyclic) bond motifs is 1. The molecule has 11 heteroatoms. The van der Waals surface area contributed by atoms with Crippen LogP contribution in [0, 0.1) is 0 Å². The number of hydrogen-bond acceptors (Lipinski definition) is 6. The summed E-state index contributed by atoms with van der Waals surface area (Å²) in [6, 6.07) is 6.01. The van der Waals surface area contributed by atoms with Gasteiger partial charge in [-0.15, -0.1) is 0 Å². The molecule has 0 bridgehead atoms. The van der Waals surface area contributed by atoms with E-state index in [4.69, 9.17) is 9.47 Å². The molecule has 1 aliphatic heterocycles. The summed E-state index contributed by atoms with van der Waals surface area (Å²) in [4.78, 5) is 13.8. The summed E-state index contributed by atoms with van der Waals surface area (Å²) < 4.78 is 77.0. The zero-order valence-electron chi connectivity index (χ0n) is 16.9. The van der Waals surface area contributed by atoms with E-state index in [1.165, 1.54) is 29.2 Å². The largest absolute Gasteiger partial charge is 0.534 e. The number of ether oxygens (including phenoxy) is 2. The van der Waals surface area contributed by atoms with Crippen molar-refractivity contribution in [2.45, 2.75) is 44.7 Å². The Hall–Kier alpha value is -2.43. The molecule has 168 valence electrons. The number of alkyl halides is 3. The van der Waals surface area contributed by atoms with Gasteiger partial charge in [-0.1, -0.05) is 12.1 Å². The SMILES string of the molecule is CC(C)(C)OC(=O)N1CC/C=C(/OS(=O)(=O)C(F)(F)F)c2ccccc2OCCC1. The van der Waals surface area contributed by atoms with E-state index in [-0.39, 0.29) is 30.9 Å². The lowest BCUT2D eigenvalue weighted by atomic mass is 10.1. The lowest BCUT2D eigenvalue weighted by molar-refractivity contribution is -0.0509. The minimum absolute atomic E-state index is 0.0380. The number of nitrogens with zero attached hydrogens (tertiary/aromatic N) is 1. The Morgan fingerprint density at radius 1 is 1.13 bits per heavy atom. The molecule has 0 unspecified atom stereocenters. The second-order valence-corrected chi connectivity index (χ2v) is 9.04. The predicted octanol–water partition coefficient (Wildman–Crippen LogP) is 4.30. The molecule has 0 radical (unpaired) electrons. The highest BCUT2D eigenvalue weighted by Crippen LogP contribution is 2.34. The zero-order chi connectivity index (χ0) is 22.6. The third-order valence-electron chi connectivity index (χ3n) is 3.85. The van der Waals surface area contributed by atoms with E-state index in [1.54, 1.807) is 26.8 Å². The molecule has 1 aromatic carbocycles. The van der Waals surface area contributed by atoms with Gasteiger partial charge in [0.25, 0.3) is 0 Å². The maximum absolute atomic E-state index is 12.8. The third kappa shape index (κ3) is 6.54. The van der Waals surface area contributed by atoms with Gasteiger partial charge in [0.2, 0.25) is 0 Å². The fraction of sp³-hybridized carbons (Fsp3) is 0.526. The van der Waals surface area contributed by atoms with Gasteiger partial charge in [0.1, 0.15) is 17.1 Å². The first-order valence-electron chi connectivity index (χ1n) is 9.21. The summed E-state index contributed by atoms with van der Waals surface area (Å²) in [5.74, 6) is -0.346. The van der Waals surface area contributed by atoms with E-state index in [2.05, 4.69) is 4.18 Å². The predicted molar refractivity (Wildman–Crippen MR) is 103 cm³/mol. The monoisotopic (exact) mass is 451 g/mol. The Morgan fingerprint density at radius 2 is 1.80 bits per heavy atom. The van der Waals surface area contributed by atoms with Crippen LogP contribution in [0.4, 0.5) is 18.0 Å². The fourth-order valence-electron chi connectivity index (χ4n) is 2.56. The molecule has 1 aliphatic rings. The lowest BCUT2D eigenvalue weighted by Crippen LogP contribution is -2.38. The molecule has 0 saturated heterocycles. The van der Waals surface area contributed by atoms with Crippen LogP contribution in [0.15, 0.2) is 30.3 Å². The maximum atomic E-state index is 12.8. The summed E-state index contributed by atoms with van der Waals surface area (Å²) >= 11 is 0. The number of hydrogen-bond donors (Lipinski definition) is 0. The molecule has 0 aliphatic carbocycles. The van der Waals surface area contributed by atoms with Crippen LogP contribution in [0.5, 0.6) is 5.75 Å². The van der Waals surface area contributed by atoms with Gasteiger partial charge in [0, 0.05) is 13.1 Å². The number of carbonyl (C=O) groups excluding carboxylic acids is 1. The summed E-state index contributed by atoms with van der Waals surface area (Å²) in [5, 5.41) is 0. The molecular weight excluding hydrogens is 427 g/mol. The third-order valence-corrected chi connectivity index (χ3v) is 4.81. The number of rotatable bonds is 2. The van der Waals surface area contributed by atoms with Crippen molar-refractivity contribution in [2.24, 2.45) is 0 Å². The summed E-state index contributed by atoms with van der Waals surface area (Å²) in [5.41, 5.74) is -6.24. The molecular formula is C19H24F3NO6S. The zero-order valence-corrected chi connectivity index (χ0v) is 17.7. The van der Waals surface area contributed by atoms with Crippen molar-refractivity contribution >= 4 is 22.0 Å². The van der Waals surface area contributed by atoms with Gasteiger partial charge in [0.15, 0.2) is 0 Å². The van der Waals surface area contributed by atoms with Crippen molar-refractivity contribution in [1.29, 1.82) is 0 Å². The van der Waals surface area contributed by atoms with Crippen LogP contribution < -0.4 is 4.74 Å². The van der Waals surface area contributed by atoms with Gasteiger partial charge in [-0.3, -0.25) is 0 Å². The smallest absolute Gasteiger partial charge is 0.493 e. The highest BCUT2D eigenvalue weighted by atomic mass is 32.2. The van der Waals surface area contributed by atoms with Crippen LogP contribution >= 0.6 is 0 Å². The van der Waals surface area contributed by atoms with Crippen LogP contribution in [-0.2, 0) is 19.0 Å². The summed E-state index contributed by atoms with van der Waals surface area (Å²) in [7, 11) is -5.88. The number of para-hydroxylation sites is 1. The molecule has 1 amide bonds. The molecule has 1 aromatic rings. The fourth-order valence-corrected chi connectivity index (χ4v) is 3.05. The summed E-state index contributed by atoms with van der Waals surface area (Å²) in [6.07, 6.45) is 1.08.